The molecule has 1 saturated heterocycles. The summed E-state index contributed by atoms with van der Waals surface area (Å²) in [6.45, 7) is 6.91. The fraction of sp³-hybridized carbons (Fsp3) is 0.556. The molecule has 2 aromatic rings. The molecule has 7 heteroatoms. The summed E-state index contributed by atoms with van der Waals surface area (Å²) in [6.07, 6.45) is 6.12. The zero-order valence-electron chi connectivity index (χ0n) is 20.3. The van der Waals surface area contributed by atoms with Gasteiger partial charge in [0.2, 0.25) is 0 Å². The first-order valence-corrected chi connectivity index (χ1v) is 12.6. The molecule has 2 aliphatic heterocycles. The SMILES string of the molecule is CC(C)Oc1ccccc1[C@H](C(=O)O)N1CC[C@@H](OCCCCc2ccc3c(n2)NCCC3)C1. The van der Waals surface area contributed by atoms with Gasteiger partial charge in [-0.1, -0.05) is 24.3 Å². The Balaban J connectivity index is 1.24. The van der Waals surface area contributed by atoms with Crippen molar-refractivity contribution >= 4 is 11.8 Å². The third-order valence-electron chi connectivity index (χ3n) is 6.48. The van der Waals surface area contributed by atoms with E-state index in [1.807, 2.05) is 43.0 Å². The standard InChI is InChI=1S/C27H37N3O4/c1-19(2)34-24-11-4-3-10-23(24)25(27(31)32)30-16-14-22(18-30)33-17-6-5-9-21-13-12-20-8-7-15-28-26(20)29-21/h3-4,10-13,19,22,25H,5-9,14-18H2,1-2H3,(H,28,29)(H,31,32)/t22-,25-/m1/s1. The van der Waals surface area contributed by atoms with Gasteiger partial charge in [0.05, 0.1) is 12.2 Å². The van der Waals surface area contributed by atoms with Crippen LogP contribution in [0.5, 0.6) is 5.75 Å². The lowest BCUT2D eigenvalue weighted by molar-refractivity contribution is -0.143. The van der Waals surface area contributed by atoms with Crippen molar-refractivity contribution < 1.29 is 19.4 Å². The van der Waals surface area contributed by atoms with Gasteiger partial charge in [0.1, 0.15) is 17.6 Å². The van der Waals surface area contributed by atoms with E-state index in [-0.39, 0.29) is 12.2 Å². The summed E-state index contributed by atoms with van der Waals surface area (Å²) in [5.74, 6) is 0.840. The molecule has 1 aromatic heterocycles. The maximum Gasteiger partial charge on any atom is 0.325 e. The number of carboxylic acids is 1. The summed E-state index contributed by atoms with van der Waals surface area (Å²) in [4.78, 5) is 19.0. The van der Waals surface area contributed by atoms with E-state index in [2.05, 4.69) is 17.4 Å². The number of unbranched alkanes of at least 4 members (excludes halogenated alkanes) is 1. The number of anilines is 1. The number of para-hydroxylation sites is 1. The van der Waals surface area contributed by atoms with Gasteiger partial charge in [-0.05, 0) is 70.1 Å². The molecule has 0 aliphatic carbocycles. The zero-order chi connectivity index (χ0) is 23.9. The Morgan fingerprint density at radius 3 is 2.91 bits per heavy atom. The van der Waals surface area contributed by atoms with Gasteiger partial charge in [-0.25, -0.2) is 4.98 Å². The highest BCUT2D eigenvalue weighted by Gasteiger charge is 2.35. The van der Waals surface area contributed by atoms with E-state index in [4.69, 9.17) is 14.5 Å². The fourth-order valence-electron chi connectivity index (χ4n) is 4.84. The monoisotopic (exact) mass is 467 g/mol. The van der Waals surface area contributed by atoms with Crippen molar-refractivity contribution in [3.8, 4) is 5.75 Å². The lowest BCUT2D eigenvalue weighted by Crippen LogP contribution is -2.34. The number of rotatable bonds is 11. The van der Waals surface area contributed by atoms with Crippen molar-refractivity contribution in [3.63, 3.8) is 0 Å². The second kappa shape index (κ2) is 11.7. The number of pyridine rings is 1. The molecule has 2 atom stereocenters. The summed E-state index contributed by atoms with van der Waals surface area (Å²) in [5.41, 5.74) is 3.16. The maximum absolute atomic E-state index is 12.2. The summed E-state index contributed by atoms with van der Waals surface area (Å²) in [5, 5.41) is 13.4. The highest BCUT2D eigenvalue weighted by Crippen LogP contribution is 2.33. The van der Waals surface area contributed by atoms with Crippen LogP contribution >= 0.6 is 0 Å². The minimum atomic E-state index is -0.854. The number of carbonyl (C=O) groups is 1. The Kier molecular flexibility index (Phi) is 8.40. The van der Waals surface area contributed by atoms with Crippen LogP contribution in [0.1, 0.15) is 62.4 Å². The summed E-state index contributed by atoms with van der Waals surface area (Å²) in [6, 6.07) is 11.1. The van der Waals surface area contributed by atoms with Crippen LogP contribution in [-0.4, -0.2) is 59.4 Å². The quantitative estimate of drug-likeness (QED) is 0.472. The van der Waals surface area contributed by atoms with Gasteiger partial charge in [0.25, 0.3) is 0 Å². The zero-order valence-corrected chi connectivity index (χ0v) is 20.3. The molecule has 34 heavy (non-hydrogen) atoms. The molecule has 0 radical (unpaired) electrons. The molecule has 0 saturated carbocycles. The number of fused-ring (bicyclic) bond motifs is 1. The van der Waals surface area contributed by atoms with Crippen LogP contribution in [0.3, 0.4) is 0 Å². The van der Waals surface area contributed by atoms with Crippen molar-refractivity contribution in [2.24, 2.45) is 0 Å². The Morgan fingerprint density at radius 2 is 2.09 bits per heavy atom. The third kappa shape index (κ3) is 6.27. The van der Waals surface area contributed by atoms with Crippen LogP contribution in [0.4, 0.5) is 5.82 Å². The van der Waals surface area contributed by atoms with Crippen LogP contribution in [0.25, 0.3) is 0 Å². The molecule has 3 heterocycles. The van der Waals surface area contributed by atoms with E-state index < -0.39 is 12.0 Å². The molecule has 2 aliphatic rings. The normalized spacial score (nSPS) is 19.0. The highest BCUT2D eigenvalue weighted by molar-refractivity contribution is 5.76. The van der Waals surface area contributed by atoms with Gasteiger partial charge >= 0.3 is 5.97 Å². The second-order valence-corrected chi connectivity index (χ2v) is 9.52. The highest BCUT2D eigenvalue weighted by atomic mass is 16.5. The average molecular weight is 468 g/mol. The number of likely N-dealkylation sites (tertiary alicyclic amines) is 1. The predicted octanol–water partition coefficient (Wildman–Crippen LogP) is 4.47. The molecule has 0 amide bonds. The Bertz CT molecular complexity index is 965. The van der Waals surface area contributed by atoms with Crippen LogP contribution < -0.4 is 10.1 Å². The van der Waals surface area contributed by atoms with Crippen molar-refractivity contribution in [1.29, 1.82) is 0 Å². The topological polar surface area (TPSA) is 83.9 Å². The average Bonchev–Trinajstić information content (AvgIpc) is 3.27. The van der Waals surface area contributed by atoms with Crippen LogP contribution in [-0.2, 0) is 22.4 Å². The van der Waals surface area contributed by atoms with E-state index in [1.54, 1.807) is 0 Å². The second-order valence-electron chi connectivity index (χ2n) is 9.52. The molecule has 4 rings (SSSR count). The van der Waals surface area contributed by atoms with Gasteiger partial charge in [-0.15, -0.1) is 0 Å². The fourth-order valence-corrected chi connectivity index (χ4v) is 4.84. The number of carboxylic acid groups (broad SMARTS) is 1. The summed E-state index contributed by atoms with van der Waals surface area (Å²) in [7, 11) is 0. The van der Waals surface area contributed by atoms with Gasteiger partial charge in [0, 0.05) is 37.5 Å². The third-order valence-corrected chi connectivity index (χ3v) is 6.48. The molecule has 0 spiro atoms. The lowest BCUT2D eigenvalue weighted by atomic mass is 10.0. The molecule has 0 unspecified atom stereocenters. The lowest BCUT2D eigenvalue weighted by Gasteiger charge is -2.26. The molecule has 1 fully saturated rings. The van der Waals surface area contributed by atoms with Crippen molar-refractivity contribution in [2.75, 3.05) is 31.6 Å². The number of aliphatic carboxylic acids is 1. The van der Waals surface area contributed by atoms with Gasteiger partial charge < -0.3 is 19.9 Å². The maximum atomic E-state index is 12.2. The molecule has 184 valence electrons. The number of benzene rings is 1. The van der Waals surface area contributed by atoms with Crippen molar-refractivity contribution in [3.05, 3.63) is 53.2 Å². The van der Waals surface area contributed by atoms with Crippen molar-refractivity contribution in [2.45, 2.75) is 70.6 Å². The molecule has 0 bridgehead atoms. The summed E-state index contributed by atoms with van der Waals surface area (Å²) >= 11 is 0. The van der Waals surface area contributed by atoms with E-state index >= 15 is 0 Å². The number of ether oxygens (including phenoxy) is 2. The number of hydrogen-bond acceptors (Lipinski definition) is 6. The number of hydrogen-bond donors (Lipinski definition) is 2. The van der Waals surface area contributed by atoms with E-state index in [0.717, 1.165) is 50.2 Å². The smallest absolute Gasteiger partial charge is 0.325 e. The number of nitrogens with zero attached hydrogens (tertiary/aromatic N) is 2. The number of nitrogens with one attached hydrogen (secondary N) is 1. The molecule has 2 N–H and O–H groups in total. The van der Waals surface area contributed by atoms with Gasteiger partial charge in [-0.2, -0.15) is 0 Å². The van der Waals surface area contributed by atoms with Crippen molar-refractivity contribution in [1.82, 2.24) is 9.88 Å². The van der Waals surface area contributed by atoms with Gasteiger partial charge in [0.15, 0.2) is 0 Å². The molecule has 1 aromatic carbocycles. The largest absolute Gasteiger partial charge is 0.491 e. The van der Waals surface area contributed by atoms with Crippen LogP contribution in [0.15, 0.2) is 36.4 Å². The van der Waals surface area contributed by atoms with Gasteiger partial charge in [-0.3, -0.25) is 9.69 Å². The Labute approximate surface area is 202 Å². The first-order chi connectivity index (χ1) is 16.5. The molecular formula is C27H37N3O4. The summed E-state index contributed by atoms with van der Waals surface area (Å²) < 4.78 is 12.0. The van der Waals surface area contributed by atoms with Crippen LogP contribution in [0, 0.1) is 0 Å². The Hall–Kier alpha value is -2.64. The Morgan fingerprint density at radius 1 is 1.24 bits per heavy atom. The molecule has 7 nitrogen and oxygen atoms in total. The van der Waals surface area contributed by atoms with Crippen LogP contribution in [0.2, 0.25) is 0 Å². The first kappa shape index (κ1) is 24.5. The van der Waals surface area contributed by atoms with E-state index in [1.165, 1.54) is 12.0 Å². The van der Waals surface area contributed by atoms with E-state index in [9.17, 15) is 9.90 Å². The van der Waals surface area contributed by atoms with E-state index in [0.29, 0.717) is 31.0 Å². The molecular weight excluding hydrogens is 430 g/mol. The number of aromatic nitrogens is 1. The first-order valence-electron chi connectivity index (χ1n) is 12.6. The predicted molar refractivity (Wildman–Crippen MR) is 132 cm³/mol. The minimum absolute atomic E-state index is 0.0157. The minimum Gasteiger partial charge on any atom is -0.491 e. The number of aryl methyl sites for hydroxylation is 2.